The highest BCUT2D eigenvalue weighted by atomic mass is 35.5. The zero-order valence-electron chi connectivity index (χ0n) is 15.6. The third-order valence-corrected chi connectivity index (χ3v) is 5.12. The van der Waals surface area contributed by atoms with Crippen LogP contribution >= 0.6 is 23.4 Å². The molecule has 0 aliphatic carbocycles. The summed E-state index contributed by atoms with van der Waals surface area (Å²) in [4.78, 5) is 37.9. The summed E-state index contributed by atoms with van der Waals surface area (Å²) in [6, 6.07) is 10.1. The monoisotopic (exact) mass is 446 g/mol. The van der Waals surface area contributed by atoms with Crippen LogP contribution in [0, 0.1) is 5.82 Å². The molecule has 2 aromatic rings. The first-order valence-electron chi connectivity index (χ1n) is 8.71. The highest BCUT2D eigenvalue weighted by Crippen LogP contribution is 2.33. The molecule has 1 heterocycles. The van der Waals surface area contributed by atoms with Crippen molar-refractivity contribution in [2.45, 2.75) is 0 Å². The predicted octanol–water partition coefficient (Wildman–Crippen LogP) is 4.72. The molecule has 9 heteroatoms. The van der Waals surface area contributed by atoms with E-state index in [-0.39, 0.29) is 4.91 Å². The molecule has 0 bridgehead atoms. The molecule has 154 valence electrons. The molecule has 1 N–H and O–H groups in total. The van der Waals surface area contributed by atoms with Gasteiger partial charge in [0.15, 0.2) is 0 Å². The maximum absolute atomic E-state index is 12.9. The minimum Gasteiger partial charge on any atom is -0.488 e. The Labute approximate surface area is 181 Å². The van der Waals surface area contributed by atoms with Crippen molar-refractivity contribution in [1.82, 2.24) is 4.90 Å². The van der Waals surface area contributed by atoms with Crippen LogP contribution in [0.3, 0.4) is 0 Å². The van der Waals surface area contributed by atoms with Crippen LogP contribution in [-0.4, -0.2) is 35.1 Å². The van der Waals surface area contributed by atoms with Crippen LogP contribution in [0.1, 0.15) is 5.56 Å². The average Bonchev–Trinajstić information content (AvgIpc) is 2.96. The summed E-state index contributed by atoms with van der Waals surface area (Å²) in [7, 11) is 0. The Balaban J connectivity index is 1.68. The molecule has 3 amide bonds. The van der Waals surface area contributed by atoms with Gasteiger partial charge in [-0.25, -0.2) is 4.39 Å². The van der Waals surface area contributed by atoms with Gasteiger partial charge in [0.25, 0.3) is 11.1 Å². The fourth-order valence-corrected chi connectivity index (χ4v) is 3.62. The summed E-state index contributed by atoms with van der Waals surface area (Å²) in [6.07, 6.45) is 3.11. The number of rotatable bonds is 7. The van der Waals surface area contributed by atoms with E-state index >= 15 is 0 Å². The van der Waals surface area contributed by atoms with E-state index in [0.717, 1.165) is 16.7 Å². The first-order chi connectivity index (χ1) is 14.4. The molecule has 6 nitrogen and oxygen atoms in total. The Morgan fingerprint density at radius 2 is 1.97 bits per heavy atom. The number of carbonyl (C=O) groups excluding carboxylic acids is 3. The third-order valence-electron chi connectivity index (χ3n) is 3.91. The maximum Gasteiger partial charge on any atom is 0.294 e. The van der Waals surface area contributed by atoms with Crippen molar-refractivity contribution in [2.24, 2.45) is 0 Å². The Morgan fingerprint density at radius 3 is 2.63 bits per heavy atom. The molecule has 30 heavy (non-hydrogen) atoms. The summed E-state index contributed by atoms with van der Waals surface area (Å²) < 4.78 is 18.3. The van der Waals surface area contributed by atoms with E-state index in [1.165, 1.54) is 30.3 Å². The normalized spacial score (nSPS) is 14.9. The number of nitrogens with one attached hydrogen (secondary N) is 1. The fraction of sp³-hybridized carbons (Fsp3) is 0.0952. The van der Waals surface area contributed by atoms with E-state index in [1.54, 1.807) is 24.3 Å². The van der Waals surface area contributed by atoms with Crippen LogP contribution in [-0.2, 0) is 9.59 Å². The minimum absolute atomic E-state index is 0.172. The molecule has 1 aliphatic rings. The first-order valence-corrected chi connectivity index (χ1v) is 9.91. The van der Waals surface area contributed by atoms with Gasteiger partial charge >= 0.3 is 0 Å². The van der Waals surface area contributed by atoms with Gasteiger partial charge in [-0.2, -0.15) is 0 Å². The SMILES string of the molecule is C=CCOc1ccc(/C=C2\SC(=O)N(CC(=O)Nc3ccc(F)cc3)C2=O)cc1Cl. The van der Waals surface area contributed by atoms with Crippen LogP contribution in [0.4, 0.5) is 14.9 Å². The number of nitrogens with zero attached hydrogens (tertiary/aromatic N) is 1. The Morgan fingerprint density at radius 1 is 1.23 bits per heavy atom. The van der Waals surface area contributed by atoms with E-state index in [0.29, 0.717) is 28.6 Å². The second-order valence-electron chi connectivity index (χ2n) is 6.11. The number of ether oxygens (including phenoxy) is 1. The largest absolute Gasteiger partial charge is 0.488 e. The topological polar surface area (TPSA) is 75.7 Å². The molecule has 2 aromatic carbocycles. The zero-order chi connectivity index (χ0) is 21.7. The van der Waals surface area contributed by atoms with Gasteiger partial charge in [-0.15, -0.1) is 0 Å². The second-order valence-corrected chi connectivity index (χ2v) is 7.51. The van der Waals surface area contributed by atoms with Gasteiger partial charge in [0, 0.05) is 5.69 Å². The second kappa shape index (κ2) is 9.60. The first kappa shape index (κ1) is 21.6. The molecule has 1 fully saturated rings. The Hall–Kier alpha value is -3.10. The molecule has 1 aliphatic heterocycles. The third kappa shape index (κ3) is 5.28. The quantitative estimate of drug-likeness (QED) is 0.492. The van der Waals surface area contributed by atoms with E-state index in [9.17, 15) is 18.8 Å². The van der Waals surface area contributed by atoms with Crippen molar-refractivity contribution < 1.29 is 23.5 Å². The lowest BCUT2D eigenvalue weighted by Crippen LogP contribution is -2.36. The molecule has 0 atom stereocenters. The molecular weight excluding hydrogens is 431 g/mol. The number of imide groups is 1. The van der Waals surface area contributed by atoms with Crippen LogP contribution in [0.5, 0.6) is 5.75 Å². The number of hydrogen-bond donors (Lipinski definition) is 1. The maximum atomic E-state index is 12.9. The molecule has 0 saturated carbocycles. The van der Waals surface area contributed by atoms with Crippen molar-refractivity contribution in [3.8, 4) is 5.75 Å². The summed E-state index contributed by atoms with van der Waals surface area (Å²) in [5.41, 5.74) is 0.963. The van der Waals surface area contributed by atoms with Gasteiger partial charge in [0.2, 0.25) is 5.91 Å². The molecule has 0 unspecified atom stereocenters. The molecule has 0 spiro atoms. The minimum atomic E-state index is -0.581. The number of halogens is 2. The number of amides is 3. The highest BCUT2D eigenvalue weighted by Gasteiger charge is 2.36. The Kier molecular flexibility index (Phi) is 6.91. The summed E-state index contributed by atoms with van der Waals surface area (Å²) >= 11 is 6.90. The van der Waals surface area contributed by atoms with Gasteiger partial charge < -0.3 is 10.1 Å². The van der Waals surface area contributed by atoms with Gasteiger partial charge in [0.1, 0.15) is 24.7 Å². The standard InChI is InChI=1S/C21H16ClFN2O4S/c1-2-9-29-17-8-3-13(10-16(17)22)11-18-20(27)25(21(28)30-18)12-19(26)24-15-6-4-14(23)5-7-15/h2-8,10-11H,1,9,12H2,(H,24,26)/b18-11-. The van der Waals surface area contributed by atoms with Gasteiger partial charge in [0.05, 0.1) is 9.93 Å². The van der Waals surface area contributed by atoms with Crippen LogP contribution in [0.2, 0.25) is 5.02 Å². The lowest BCUT2D eigenvalue weighted by molar-refractivity contribution is -0.127. The molecule has 0 radical (unpaired) electrons. The van der Waals surface area contributed by atoms with Crippen LogP contribution in [0.15, 0.2) is 60.0 Å². The number of thioether (sulfide) groups is 1. The smallest absolute Gasteiger partial charge is 0.294 e. The van der Waals surface area contributed by atoms with Crippen molar-refractivity contribution in [3.05, 3.63) is 76.4 Å². The molecular formula is C21H16ClFN2O4S. The zero-order valence-corrected chi connectivity index (χ0v) is 17.1. The van der Waals surface area contributed by atoms with E-state index in [1.807, 2.05) is 0 Å². The number of carbonyl (C=O) groups is 3. The van der Waals surface area contributed by atoms with Crippen LogP contribution < -0.4 is 10.1 Å². The molecule has 0 aromatic heterocycles. The van der Waals surface area contributed by atoms with Crippen molar-refractivity contribution in [2.75, 3.05) is 18.5 Å². The van der Waals surface area contributed by atoms with Crippen molar-refractivity contribution in [3.63, 3.8) is 0 Å². The van der Waals surface area contributed by atoms with Gasteiger partial charge in [-0.1, -0.05) is 30.3 Å². The number of benzene rings is 2. The lowest BCUT2D eigenvalue weighted by Gasteiger charge is -2.12. The summed E-state index contributed by atoms with van der Waals surface area (Å²) in [6.45, 7) is 3.42. The van der Waals surface area contributed by atoms with E-state index < -0.39 is 29.4 Å². The van der Waals surface area contributed by atoms with E-state index in [4.69, 9.17) is 16.3 Å². The summed E-state index contributed by atoms with van der Waals surface area (Å²) in [5.74, 6) is -1.12. The number of hydrogen-bond acceptors (Lipinski definition) is 5. The molecule has 3 rings (SSSR count). The van der Waals surface area contributed by atoms with Gasteiger partial charge in [-0.3, -0.25) is 19.3 Å². The Bertz CT molecular complexity index is 1040. The highest BCUT2D eigenvalue weighted by molar-refractivity contribution is 8.18. The molecule has 1 saturated heterocycles. The van der Waals surface area contributed by atoms with Crippen molar-refractivity contribution >= 4 is 52.2 Å². The van der Waals surface area contributed by atoms with Gasteiger partial charge in [-0.05, 0) is 59.8 Å². The van der Waals surface area contributed by atoms with Crippen molar-refractivity contribution in [1.29, 1.82) is 0 Å². The summed E-state index contributed by atoms with van der Waals surface area (Å²) in [5, 5.41) is 2.31. The van der Waals surface area contributed by atoms with Crippen LogP contribution in [0.25, 0.3) is 6.08 Å². The predicted molar refractivity (Wildman–Crippen MR) is 115 cm³/mol. The number of anilines is 1. The average molecular weight is 447 g/mol. The van der Waals surface area contributed by atoms with E-state index in [2.05, 4.69) is 11.9 Å². The fourth-order valence-electron chi connectivity index (χ4n) is 2.54. The lowest BCUT2D eigenvalue weighted by atomic mass is 10.2.